The minimum absolute atomic E-state index is 0.0522. The number of esters is 2. The molecule has 6 heterocycles. The molecule has 0 saturated carbocycles. The van der Waals surface area contributed by atoms with E-state index < -0.39 is 5.97 Å². The fourth-order valence-electron chi connectivity index (χ4n) is 6.60. The van der Waals surface area contributed by atoms with Gasteiger partial charge >= 0.3 is 11.9 Å². The van der Waals surface area contributed by atoms with E-state index >= 15 is 0 Å². The zero-order chi connectivity index (χ0) is 29.9. The smallest absolute Gasteiger partial charge is 0.342 e. The summed E-state index contributed by atoms with van der Waals surface area (Å²) in [5, 5.41) is 0. The summed E-state index contributed by atoms with van der Waals surface area (Å²) >= 11 is 0. The number of carbonyl (C=O) groups is 2. The molecule has 0 amide bonds. The van der Waals surface area contributed by atoms with E-state index in [1.165, 1.54) is 12.7 Å². The summed E-state index contributed by atoms with van der Waals surface area (Å²) in [7, 11) is 1.39. The van der Waals surface area contributed by atoms with E-state index in [9.17, 15) is 9.59 Å². The summed E-state index contributed by atoms with van der Waals surface area (Å²) < 4.78 is 10.7. The maximum atomic E-state index is 13.5. The highest BCUT2D eigenvalue weighted by Gasteiger charge is 2.36. The van der Waals surface area contributed by atoms with Gasteiger partial charge in [0.05, 0.1) is 29.7 Å². The molecule has 216 valence electrons. The number of hydrogen-bond acceptors (Lipinski definition) is 6. The van der Waals surface area contributed by atoms with Crippen LogP contribution in [0.3, 0.4) is 0 Å². The number of nitrogens with zero attached hydrogens (tertiary/aromatic N) is 2. The minimum atomic E-state index is -0.410. The summed E-state index contributed by atoms with van der Waals surface area (Å²) in [5.41, 5.74) is 13.5. The molecule has 0 radical (unpaired) electrons. The molecule has 2 atom stereocenters. The van der Waals surface area contributed by atoms with Crippen molar-refractivity contribution in [1.82, 2.24) is 19.9 Å². The van der Waals surface area contributed by atoms with Crippen molar-refractivity contribution in [3.63, 3.8) is 0 Å². The van der Waals surface area contributed by atoms with Gasteiger partial charge in [0, 0.05) is 51.6 Å². The standard InChI is InChI=1S/C34H36N4O4/c1-8-20-16(3)24-12-26-18(5)22(10-11-30(39)41-7)32(37-26)31-33-23(15-42-34(31)40)19(6)27(38-33)14-29-21(9-2)17(4)25(36-29)13-28(20)35-24/h8,12-14,18,22,35,38H,1,9-11,15H2,2-7H3/t18-,22-/m0/s1. The maximum absolute atomic E-state index is 13.5. The van der Waals surface area contributed by atoms with E-state index in [1.807, 2.05) is 13.0 Å². The number of carbonyl (C=O) groups excluding carboxylic acids is 2. The molecule has 3 aliphatic rings. The summed E-state index contributed by atoms with van der Waals surface area (Å²) in [6.45, 7) is 14.7. The Morgan fingerprint density at radius 1 is 1.10 bits per heavy atom. The summed E-state index contributed by atoms with van der Waals surface area (Å²) in [6.07, 6.45) is 3.42. The quantitative estimate of drug-likeness (QED) is 0.312. The lowest BCUT2D eigenvalue weighted by molar-refractivity contribution is -0.140. The van der Waals surface area contributed by atoms with Crippen LogP contribution in [-0.2, 0) is 20.9 Å². The highest BCUT2D eigenvalue weighted by atomic mass is 16.5. The van der Waals surface area contributed by atoms with E-state index in [-0.39, 0.29) is 30.8 Å². The van der Waals surface area contributed by atoms with E-state index in [4.69, 9.17) is 19.4 Å². The highest BCUT2D eigenvalue weighted by molar-refractivity contribution is 6.02. The number of fused-ring (bicyclic) bond motifs is 8. The minimum Gasteiger partial charge on any atom is -0.469 e. The van der Waals surface area contributed by atoms with Gasteiger partial charge in [0.25, 0.3) is 0 Å². The zero-order valence-electron chi connectivity index (χ0n) is 25.0. The van der Waals surface area contributed by atoms with Crippen molar-refractivity contribution in [2.75, 3.05) is 7.11 Å². The van der Waals surface area contributed by atoms with Crippen LogP contribution in [0.2, 0.25) is 0 Å². The molecule has 8 bridgehead atoms. The van der Waals surface area contributed by atoms with Crippen LogP contribution in [-0.4, -0.2) is 39.0 Å². The van der Waals surface area contributed by atoms with Gasteiger partial charge < -0.3 is 19.4 Å². The lowest BCUT2D eigenvalue weighted by Gasteiger charge is -2.19. The first-order valence-corrected chi connectivity index (χ1v) is 14.5. The van der Waals surface area contributed by atoms with Crippen molar-refractivity contribution in [1.29, 1.82) is 0 Å². The molecule has 8 nitrogen and oxygen atoms in total. The Hall–Kier alpha value is -4.46. The first-order chi connectivity index (χ1) is 20.2. The van der Waals surface area contributed by atoms with Gasteiger partial charge in [0.15, 0.2) is 0 Å². The predicted molar refractivity (Wildman–Crippen MR) is 165 cm³/mol. The van der Waals surface area contributed by atoms with Gasteiger partial charge in [-0.3, -0.25) is 9.78 Å². The van der Waals surface area contributed by atoms with Crippen molar-refractivity contribution in [3.8, 4) is 0 Å². The number of cyclic esters (lactones) is 1. The Morgan fingerprint density at radius 2 is 1.83 bits per heavy atom. The number of nitrogens with one attached hydrogen (secondary N) is 2. The maximum Gasteiger partial charge on any atom is 0.342 e. The topological polar surface area (TPSA) is 110 Å². The van der Waals surface area contributed by atoms with E-state index in [1.54, 1.807) is 0 Å². The number of ether oxygens (including phenoxy) is 2. The molecule has 3 aromatic rings. The van der Waals surface area contributed by atoms with Gasteiger partial charge in [-0.05, 0) is 74.1 Å². The molecule has 3 aliphatic heterocycles. The molecule has 6 rings (SSSR count). The van der Waals surface area contributed by atoms with Gasteiger partial charge in [-0.15, -0.1) is 0 Å². The normalized spacial score (nSPS) is 17.8. The average Bonchev–Trinajstić information content (AvgIpc) is 3.64. The van der Waals surface area contributed by atoms with Gasteiger partial charge in [0.1, 0.15) is 12.2 Å². The molecule has 3 aromatic heterocycles. The fraction of sp³-hybridized carbons (Fsp3) is 0.353. The Balaban J connectivity index is 1.77. The van der Waals surface area contributed by atoms with Gasteiger partial charge in [0.2, 0.25) is 0 Å². The van der Waals surface area contributed by atoms with Crippen molar-refractivity contribution >= 4 is 51.2 Å². The van der Waals surface area contributed by atoms with Gasteiger partial charge in [-0.1, -0.05) is 26.5 Å². The second-order valence-electron chi connectivity index (χ2n) is 11.4. The predicted octanol–water partition coefficient (Wildman–Crippen LogP) is 7.43. The van der Waals surface area contributed by atoms with Crippen molar-refractivity contribution in [3.05, 3.63) is 75.4 Å². The Labute approximate surface area is 244 Å². The molecule has 2 N–H and O–H groups in total. The molecular formula is C34H36N4O4. The van der Waals surface area contributed by atoms with Crippen LogP contribution < -0.4 is 0 Å². The molecule has 42 heavy (non-hydrogen) atoms. The fourth-order valence-corrected chi connectivity index (χ4v) is 6.60. The number of methoxy groups -OCH3 is 1. The Bertz CT molecular complexity index is 1870. The molecule has 0 aromatic carbocycles. The number of aryl methyl sites for hydroxylation is 2. The number of aromatic nitrogens is 4. The van der Waals surface area contributed by atoms with Crippen molar-refractivity contribution in [2.24, 2.45) is 0 Å². The van der Waals surface area contributed by atoms with Crippen LogP contribution >= 0.6 is 0 Å². The third kappa shape index (κ3) is 4.28. The average molecular weight is 565 g/mol. The van der Waals surface area contributed by atoms with Crippen LogP contribution in [0, 0.1) is 13.8 Å². The number of rotatable bonds is 5. The van der Waals surface area contributed by atoms with E-state index in [0.717, 1.165) is 73.4 Å². The first-order valence-electron chi connectivity index (χ1n) is 14.5. The molecule has 0 spiro atoms. The molecular weight excluding hydrogens is 528 g/mol. The number of hydrogen-bond donors (Lipinski definition) is 2. The van der Waals surface area contributed by atoms with E-state index in [0.29, 0.717) is 17.7 Å². The Morgan fingerprint density at radius 3 is 2.55 bits per heavy atom. The van der Waals surface area contributed by atoms with Gasteiger partial charge in [-0.25, -0.2) is 9.78 Å². The van der Waals surface area contributed by atoms with Gasteiger partial charge in [-0.2, -0.15) is 0 Å². The lowest BCUT2D eigenvalue weighted by Crippen LogP contribution is -2.16. The molecule has 8 heteroatoms. The third-order valence-corrected chi connectivity index (χ3v) is 9.20. The highest BCUT2D eigenvalue weighted by Crippen LogP contribution is 2.44. The number of aromatic amines is 2. The number of H-pyrrole nitrogens is 2. The molecule has 0 aliphatic carbocycles. The van der Waals surface area contributed by atoms with Crippen LogP contribution in [0.1, 0.15) is 107 Å². The second-order valence-corrected chi connectivity index (χ2v) is 11.4. The van der Waals surface area contributed by atoms with Crippen LogP contribution in [0.25, 0.3) is 39.3 Å². The van der Waals surface area contributed by atoms with Crippen LogP contribution in [0.15, 0.2) is 24.8 Å². The largest absolute Gasteiger partial charge is 0.469 e. The summed E-state index contributed by atoms with van der Waals surface area (Å²) in [4.78, 5) is 43.0. The molecule has 0 fully saturated rings. The lowest BCUT2D eigenvalue weighted by atomic mass is 9.85. The van der Waals surface area contributed by atoms with Crippen LogP contribution in [0.5, 0.6) is 0 Å². The Kier molecular flexibility index (Phi) is 6.87. The first kappa shape index (κ1) is 27.7. The third-order valence-electron chi connectivity index (χ3n) is 9.20. The van der Waals surface area contributed by atoms with Crippen molar-refractivity contribution < 1.29 is 19.1 Å². The molecule has 0 unspecified atom stereocenters. The summed E-state index contributed by atoms with van der Waals surface area (Å²) in [5.74, 6) is -0.929. The van der Waals surface area contributed by atoms with Crippen molar-refractivity contribution in [2.45, 2.75) is 72.3 Å². The monoisotopic (exact) mass is 564 g/mol. The zero-order valence-corrected chi connectivity index (χ0v) is 25.0. The van der Waals surface area contributed by atoms with E-state index in [2.05, 4.69) is 62.4 Å². The SMILES string of the molecule is C=Cc1c(C)c2cc3nc(c4c5[nH]c(cc6nc(cc1[nH]2)C(C)=C6CC)c(C)c5COC4=O)[C@@H](CCC(=O)OC)[C@@H]3C. The summed E-state index contributed by atoms with van der Waals surface area (Å²) in [6, 6.07) is 6.22. The molecule has 0 saturated heterocycles. The van der Waals surface area contributed by atoms with Crippen LogP contribution in [0.4, 0.5) is 0 Å². The second kappa shape index (κ2) is 10.4. The number of allylic oxidation sites excluding steroid dienone is 2.